The smallest absolute Gasteiger partial charge is 0.376 e. The van der Waals surface area contributed by atoms with Crippen LogP contribution in [0.1, 0.15) is 43.2 Å². The minimum absolute atomic E-state index is 0.00466. The molecule has 0 spiro atoms. The normalized spacial score (nSPS) is 20.1. The highest BCUT2D eigenvalue weighted by molar-refractivity contribution is 5.64. The van der Waals surface area contributed by atoms with Crippen LogP contribution >= 0.6 is 0 Å². The quantitative estimate of drug-likeness (QED) is 0.615. The van der Waals surface area contributed by atoms with E-state index in [4.69, 9.17) is 4.74 Å². The van der Waals surface area contributed by atoms with Crippen LogP contribution in [0.4, 0.5) is 13.2 Å². The number of halogens is 3. The molecule has 172 valence electrons. The van der Waals surface area contributed by atoms with Gasteiger partial charge in [0.05, 0.1) is 30.8 Å². The average molecular weight is 447 g/mol. The van der Waals surface area contributed by atoms with Gasteiger partial charge in [0.1, 0.15) is 5.69 Å². The number of ether oxygens (including phenoxy) is 1. The van der Waals surface area contributed by atoms with Crippen molar-refractivity contribution in [1.29, 1.82) is 0 Å². The minimum Gasteiger partial charge on any atom is -0.376 e. The molecular weight excluding hydrogens is 417 g/mol. The molecule has 1 aromatic heterocycles. The van der Waals surface area contributed by atoms with Crippen LogP contribution in [-0.2, 0) is 11.3 Å². The van der Waals surface area contributed by atoms with Crippen molar-refractivity contribution < 1.29 is 17.9 Å². The van der Waals surface area contributed by atoms with Gasteiger partial charge in [0.25, 0.3) is 0 Å². The fourth-order valence-corrected chi connectivity index (χ4v) is 4.23. The van der Waals surface area contributed by atoms with E-state index in [1.807, 2.05) is 36.0 Å². The largest absolute Gasteiger partial charge is 0.395 e. The predicted molar refractivity (Wildman–Crippen MR) is 116 cm³/mol. The molecule has 1 aliphatic heterocycles. The molecule has 2 aliphatic rings. The Bertz CT molecular complexity index is 995. The van der Waals surface area contributed by atoms with Gasteiger partial charge in [-0.05, 0) is 63.8 Å². The van der Waals surface area contributed by atoms with Crippen LogP contribution in [-0.4, -0.2) is 58.9 Å². The maximum Gasteiger partial charge on any atom is 0.395 e. The number of rotatable bonds is 6. The van der Waals surface area contributed by atoms with Crippen molar-refractivity contribution >= 4 is 0 Å². The van der Waals surface area contributed by atoms with Crippen LogP contribution < -0.4 is 0 Å². The number of nitrogens with zero attached hydrogens (tertiary/aromatic N) is 4. The summed E-state index contributed by atoms with van der Waals surface area (Å²) in [6.45, 7) is 3.82. The first kappa shape index (κ1) is 22.8. The Hall–Kier alpha value is -2.37. The number of alkyl halides is 3. The van der Waals surface area contributed by atoms with Gasteiger partial charge < -0.3 is 4.74 Å². The highest BCUT2D eigenvalue weighted by Gasteiger charge is 2.63. The van der Waals surface area contributed by atoms with Gasteiger partial charge in [0.15, 0.2) is 0 Å². The standard InChI is InChI=1S/C24H29F3N4O/c1-18-14-19(6-5-12-30(2)17-23(10-11-23)24(25,26)27)8-9-21(18)22-16-31(29-28-22)15-20-7-3-4-13-32-20/h8-9,14,16,20H,3-4,7,10-13,15,17H2,1-2H3. The van der Waals surface area contributed by atoms with Crippen molar-refractivity contribution in [3.05, 3.63) is 35.5 Å². The van der Waals surface area contributed by atoms with Crippen LogP contribution in [0.25, 0.3) is 11.3 Å². The lowest BCUT2D eigenvalue weighted by Crippen LogP contribution is -2.36. The Balaban J connectivity index is 1.35. The summed E-state index contributed by atoms with van der Waals surface area (Å²) in [7, 11) is 1.69. The van der Waals surface area contributed by atoms with Crippen molar-refractivity contribution in [2.45, 2.75) is 57.9 Å². The van der Waals surface area contributed by atoms with E-state index in [2.05, 4.69) is 22.2 Å². The van der Waals surface area contributed by atoms with Gasteiger partial charge in [-0.3, -0.25) is 4.90 Å². The molecule has 4 rings (SSSR count). The summed E-state index contributed by atoms with van der Waals surface area (Å²) in [6.07, 6.45) is 1.79. The zero-order chi connectivity index (χ0) is 22.8. The maximum atomic E-state index is 13.1. The number of aryl methyl sites for hydroxylation is 1. The van der Waals surface area contributed by atoms with Gasteiger partial charge in [0.2, 0.25) is 0 Å². The van der Waals surface area contributed by atoms with Crippen molar-refractivity contribution in [3.8, 4) is 23.1 Å². The van der Waals surface area contributed by atoms with E-state index >= 15 is 0 Å². The Morgan fingerprint density at radius 2 is 2.09 bits per heavy atom. The third kappa shape index (κ3) is 5.33. The molecule has 1 atom stereocenters. The highest BCUT2D eigenvalue weighted by atomic mass is 19.4. The van der Waals surface area contributed by atoms with E-state index in [9.17, 15) is 13.2 Å². The Morgan fingerprint density at radius 3 is 2.75 bits per heavy atom. The fourth-order valence-electron chi connectivity index (χ4n) is 4.23. The molecule has 5 nitrogen and oxygen atoms in total. The van der Waals surface area contributed by atoms with Crippen LogP contribution in [0.15, 0.2) is 24.4 Å². The molecule has 1 aromatic carbocycles. The summed E-state index contributed by atoms with van der Waals surface area (Å²) in [4.78, 5) is 1.66. The van der Waals surface area contributed by atoms with Crippen molar-refractivity contribution in [2.24, 2.45) is 5.41 Å². The predicted octanol–water partition coefficient (Wildman–Crippen LogP) is 4.45. The minimum atomic E-state index is -4.13. The van der Waals surface area contributed by atoms with Crippen LogP contribution in [0, 0.1) is 24.2 Å². The number of hydrogen-bond donors (Lipinski definition) is 0. The summed E-state index contributed by atoms with van der Waals surface area (Å²) in [5, 5.41) is 8.55. The topological polar surface area (TPSA) is 43.2 Å². The fraction of sp³-hybridized carbons (Fsp3) is 0.583. The first-order chi connectivity index (χ1) is 15.3. The van der Waals surface area contributed by atoms with Gasteiger partial charge in [0, 0.05) is 24.3 Å². The summed E-state index contributed by atoms with van der Waals surface area (Å²) in [5.41, 5.74) is 2.13. The molecule has 0 bridgehead atoms. The molecule has 1 saturated carbocycles. The average Bonchev–Trinajstić information content (AvgIpc) is 3.39. The second-order valence-electron chi connectivity index (χ2n) is 9.10. The second kappa shape index (κ2) is 9.24. The summed E-state index contributed by atoms with van der Waals surface area (Å²) < 4.78 is 46.9. The third-order valence-corrected chi connectivity index (χ3v) is 6.31. The van der Waals surface area contributed by atoms with E-state index in [1.54, 1.807) is 11.9 Å². The molecule has 8 heteroatoms. The lowest BCUT2D eigenvalue weighted by molar-refractivity contribution is -0.190. The molecule has 1 saturated heterocycles. The molecule has 2 heterocycles. The highest BCUT2D eigenvalue weighted by Crippen LogP contribution is 2.57. The molecule has 1 aliphatic carbocycles. The molecule has 0 N–H and O–H groups in total. The first-order valence-electron chi connectivity index (χ1n) is 11.1. The van der Waals surface area contributed by atoms with E-state index < -0.39 is 11.6 Å². The van der Waals surface area contributed by atoms with Gasteiger partial charge >= 0.3 is 6.18 Å². The molecule has 1 unspecified atom stereocenters. The third-order valence-electron chi connectivity index (χ3n) is 6.31. The zero-order valence-electron chi connectivity index (χ0n) is 18.6. The Kier molecular flexibility index (Phi) is 6.59. The maximum absolute atomic E-state index is 13.1. The van der Waals surface area contributed by atoms with Crippen molar-refractivity contribution in [1.82, 2.24) is 19.9 Å². The van der Waals surface area contributed by atoms with E-state index in [1.165, 1.54) is 6.42 Å². The monoisotopic (exact) mass is 446 g/mol. The van der Waals surface area contributed by atoms with Gasteiger partial charge in [-0.1, -0.05) is 23.1 Å². The van der Waals surface area contributed by atoms with E-state index in [0.29, 0.717) is 13.1 Å². The molecular formula is C24H29F3N4O. The van der Waals surface area contributed by atoms with Gasteiger partial charge in [-0.25, -0.2) is 4.68 Å². The molecule has 0 amide bonds. The van der Waals surface area contributed by atoms with Gasteiger partial charge in [-0.15, -0.1) is 5.10 Å². The van der Waals surface area contributed by atoms with Crippen LogP contribution in [0.2, 0.25) is 0 Å². The summed E-state index contributed by atoms with van der Waals surface area (Å²) in [5.74, 6) is 6.07. The SMILES string of the molecule is Cc1cc(C#CCN(C)CC2(C(F)(F)F)CC2)ccc1-c1cn(CC2CCCCO2)nn1. The van der Waals surface area contributed by atoms with E-state index in [0.717, 1.165) is 41.8 Å². The second-order valence-corrected chi connectivity index (χ2v) is 9.10. The van der Waals surface area contributed by atoms with Crippen molar-refractivity contribution in [2.75, 3.05) is 26.7 Å². The lowest BCUT2D eigenvalue weighted by Gasteiger charge is -2.24. The van der Waals surface area contributed by atoms with Crippen LogP contribution in [0.3, 0.4) is 0 Å². The Labute approximate surface area is 186 Å². The first-order valence-corrected chi connectivity index (χ1v) is 11.1. The van der Waals surface area contributed by atoms with Gasteiger partial charge in [-0.2, -0.15) is 13.2 Å². The number of hydrogen-bond acceptors (Lipinski definition) is 4. The number of benzene rings is 1. The molecule has 32 heavy (non-hydrogen) atoms. The number of aromatic nitrogens is 3. The molecule has 2 fully saturated rings. The van der Waals surface area contributed by atoms with Crippen molar-refractivity contribution in [3.63, 3.8) is 0 Å². The lowest BCUT2D eigenvalue weighted by atomic mass is 10.0. The van der Waals surface area contributed by atoms with Crippen LogP contribution in [0.5, 0.6) is 0 Å². The summed E-state index contributed by atoms with van der Waals surface area (Å²) >= 11 is 0. The summed E-state index contributed by atoms with van der Waals surface area (Å²) in [6, 6.07) is 5.86. The van der Waals surface area contributed by atoms with E-state index in [-0.39, 0.29) is 25.5 Å². The Morgan fingerprint density at radius 1 is 1.28 bits per heavy atom. The zero-order valence-corrected chi connectivity index (χ0v) is 18.6. The molecule has 0 radical (unpaired) electrons. The molecule has 2 aromatic rings.